The maximum atomic E-state index is 13.3. The van der Waals surface area contributed by atoms with Gasteiger partial charge in [0, 0.05) is 51.9 Å². The van der Waals surface area contributed by atoms with Gasteiger partial charge < -0.3 is 14.4 Å². The number of aliphatic hydroxyl groups is 1. The number of imide groups is 1. The van der Waals surface area contributed by atoms with Crippen LogP contribution in [-0.4, -0.2) is 61.1 Å². The average Bonchev–Trinajstić information content (AvgIpc) is 3.22. The largest absolute Gasteiger partial charge is 0.396 e. The molecule has 180 valence electrons. The number of hydrogen-bond donors (Lipinski definition) is 1. The van der Waals surface area contributed by atoms with Crippen molar-refractivity contribution in [2.75, 3.05) is 31.4 Å². The maximum absolute atomic E-state index is 13.3. The van der Waals surface area contributed by atoms with Crippen LogP contribution in [0.4, 0.5) is 10.5 Å². The van der Waals surface area contributed by atoms with Crippen molar-refractivity contribution in [3.63, 3.8) is 0 Å². The summed E-state index contributed by atoms with van der Waals surface area (Å²) >= 11 is 0. The molecule has 3 amide bonds. The summed E-state index contributed by atoms with van der Waals surface area (Å²) in [6.07, 6.45) is 6.61. The molecule has 0 bridgehead atoms. The molecule has 1 aliphatic carbocycles. The predicted octanol–water partition coefficient (Wildman–Crippen LogP) is 4.84. The highest BCUT2D eigenvalue weighted by Gasteiger charge is 2.34. The molecule has 1 aromatic heterocycles. The van der Waals surface area contributed by atoms with Crippen molar-refractivity contribution in [3.8, 4) is 0 Å². The SMILES string of the molecule is C[Si](C)(C)CCOCN1C(=O)CCN(c2cccc3c2ccn3C2CCC(CO)CC2)C1=O. The normalized spacial score (nSPS) is 22.4. The van der Waals surface area contributed by atoms with Crippen LogP contribution in [0.15, 0.2) is 30.5 Å². The molecule has 2 fully saturated rings. The second kappa shape index (κ2) is 9.99. The summed E-state index contributed by atoms with van der Waals surface area (Å²) < 4.78 is 8.06. The summed E-state index contributed by atoms with van der Waals surface area (Å²) in [6, 6.07) is 9.26. The van der Waals surface area contributed by atoms with Gasteiger partial charge in [0.1, 0.15) is 6.73 Å². The van der Waals surface area contributed by atoms with E-state index < -0.39 is 8.07 Å². The Bertz CT molecular complexity index is 991. The van der Waals surface area contributed by atoms with E-state index in [0.29, 0.717) is 31.5 Å². The number of hydrogen-bond acceptors (Lipinski definition) is 4. The van der Waals surface area contributed by atoms with Gasteiger partial charge in [0.15, 0.2) is 0 Å². The number of nitrogens with zero attached hydrogens (tertiary/aromatic N) is 3. The van der Waals surface area contributed by atoms with Gasteiger partial charge in [-0.15, -0.1) is 0 Å². The number of aromatic nitrogens is 1. The van der Waals surface area contributed by atoms with E-state index in [1.165, 1.54) is 4.90 Å². The lowest BCUT2D eigenvalue weighted by molar-refractivity contribution is -0.133. The molecule has 1 aliphatic heterocycles. The number of benzene rings is 1. The lowest BCUT2D eigenvalue weighted by Gasteiger charge is -2.34. The molecule has 1 saturated heterocycles. The van der Waals surface area contributed by atoms with Gasteiger partial charge in [-0.05, 0) is 55.8 Å². The molecule has 2 aliphatic rings. The molecule has 0 unspecified atom stereocenters. The third-order valence-electron chi connectivity index (χ3n) is 7.03. The minimum absolute atomic E-state index is 0.0176. The Kier molecular flexibility index (Phi) is 7.26. The van der Waals surface area contributed by atoms with Crippen LogP contribution in [0.5, 0.6) is 0 Å². The molecular weight excluding hydrogens is 434 g/mol. The number of carbonyl (C=O) groups excluding carboxylic acids is 2. The Hall–Kier alpha value is -2.16. The third-order valence-corrected chi connectivity index (χ3v) is 8.73. The first kappa shape index (κ1) is 24.0. The highest BCUT2D eigenvalue weighted by atomic mass is 28.3. The summed E-state index contributed by atoms with van der Waals surface area (Å²) in [6.45, 7) is 8.08. The third kappa shape index (κ3) is 5.33. The molecule has 1 N–H and O–H groups in total. The van der Waals surface area contributed by atoms with Crippen molar-refractivity contribution < 1.29 is 19.4 Å². The van der Waals surface area contributed by atoms with Crippen molar-refractivity contribution in [1.82, 2.24) is 9.47 Å². The van der Waals surface area contributed by atoms with Gasteiger partial charge in [0.2, 0.25) is 5.91 Å². The highest BCUT2D eigenvalue weighted by Crippen LogP contribution is 2.37. The van der Waals surface area contributed by atoms with Crippen molar-refractivity contribution in [1.29, 1.82) is 0 Å². The predicted molar refractivity (Wildman–Crippen MR) is 133 cm³/mol. The van der Waals surface area contributed by atoms with Crippen molar-refractivity contribution >= 4 is 36.6 Å². The lowest BCUT2D eigenvalue weighted by Crippen LogP contribution is -2.53. The summed E-state index contributed by atoms with van der Waals surface area (Å²) in [4.78, 5) is 28.7. The Labute approximate surface area is 197 Å². The fourth-order valence-corrected chi connectivity index (χ4v) is 5.66. The second-order valence-electron chi connectivity index (χ2n) is 10.6. The minimum Gasteiger partial charge on any atom is -0.396 e. The molecule has 2 aromatic rings. The molecule has 2 heterocycles. The number of fused-ring (bicyclic) bond motifs is 1. The van der Waals surface area contributed by atoms with E-state index in [2.05, 4.69) is 42.5 Å². The number of amides is 3. The monoisotopic (exact) mass is 471 g/mol. The van der Waals surface area contributed by atoms with Gasteiger partial charge in [-0.2, -0.15) is 0 Å². The molecule has 0 spiro atoms. The first-order valence-electron chi connectivity index (χ1n) is 12.2. The molecule has 0 atom stereocenters. The molecule has 4 rings (SSSR count). The van der Waals surface area contributed by atoms with E-state index >= 15 is 0 Å². The van der Waals surface area contributed by atoms with Gasteiger partial charge in [-0.1, -0.05) is 25.7 Å². The van der Waals surface area contributed by atoms with E-state index in [0.717, 1.165) is 48.3 Å². The van der Waals surface area contributed by atoms with Gasteiger partial charge >= 0.3 is 6.03 Å². The number of anilines is 1. The number of urea groups is 1. The first-order valence-corrected chi connectivity index (χ1v) is 15.9. The standard InChI is InChI=1S/C25H37N3O4Si/c1-33(2,3)16-15-32-18-28-24(30)12-14-27(25(28)31)23-6-4-5-22-21(23)11-13-26(22)20-9-7-19(17-29)8-10-20/h4-6,11,13,19-20,29H,7-10,12,14-18H2,1-3H3. The first-order chi connectivity index (χ1) is 15.8. The zero-order valence-corrected chi connectivity index (χ0v) is 21.1. The zero-order chi connectivity index (χ0) is 23.6. The van der Waals surface area contributed by atoms with E-state index in [1.54, 1.807) is 4.90 Å². The molecule has 33 heavy (non-hydrogen) atoms. The molecular formula is C25H37N3O4Si. The van der Waals surface area contributed by atoms with Gasteiger partial charge in [-0.3, -0.25) is 9.69 Å². The van der Waals surface area contributed by atoms with Gasteiger partial charge in [-0.25, -0.2) is 9.69 Å². The Morgan fingerprint density at radius 3 is 2.55 bits per heavy atom. The number of carbonyl (C=O) groups is 2. The number of rotatable bonds is 8. The van der Waals surface area contributed by atoms with Crippen molar-refractivity contribution in [3.05, 3.63) is 30.5 Å². The molecule has 7 nitrogen and oxygen atoms in total. The van der Waals surface area contributed by atoms with E-state index in [4.69, 9.17) is 4.74 Å². The van der Waals surface area contributed by atoms with Crippen LogP contribution < -0.4 is 4.90 Å². The van der Waals surface area contributed by atoms with Crippen LogP contribution in [0.3, 0.4) is 0 Å². The molecule has 8 heteroatoms. The molecule has 1 aromatic carbocycles. The second-order valence-corrected chi connectivity index (χ2v) is 16.3. The van der Waals surface area contributed by atoms with E-state index in [-0.39, 0.29) is 25.3 Å². The van der Waals surface area contributed by atoms with E-state index in [1.807, 2.05) is 12.1 Å². The average molecular weight is 472 g/mol. The Morgan fingerprint density at radius 2 is 1.85 bits per heavy atom. The number of ether oxygens (including phenoxy) is 1. The van der Waals surface area contributed by atoms with Crippen LogP contribution >= 0.6 is 0 Å². The molecule has 0 radical (unpaired) electrons. The lowest BCUT2D eigenvalue weighted by atomic mass is 9.86. The fourth-order valence-electron chi connectivity index (χ4n) is 4.91. The minimum atomic E-state index is -1.23. The van der Waals surface area contributed by atoms with Crippen LogP contribution in [0, 0.1) is 5.92 Å². The summed E-state index contributed by atoms with van der Waals surface area (Å²) in [7, 11) is -1.23. The highest BCUT2D eigenvalue weighted by molar-refractivity contribution is 6.76. The van der Waals surface area contributed by atoms with Gasteiger partial charge in [0.05, 0.1) is 11.2 Å². The fraction of sp³-hybridized carbons (Fsp3) is 0.600. The summed E-state index contributed by atoms with van der Waals surface area (Å²) in [5.41, 5.74) is 1.96. The van der Waals surface area contributed by atoms with Crippen LogP contribution in [0.2, 0.25) is 25.7 Å². The van der Waals surface area contributed by atoms with Crippen molar-refractivity contribution in [2.45, 2.75) is 63.8 Å². The zero-order valence-electron chi connectivity index (χ0n) is 20.1. The maximum Gasteiger partial charge on any atom is 0.333 e. The topological polar surface area (TPSA) is 75.0 Å². The van der Waals surface area contributed by atoms with Crippen LogP contribution in [0.25, 0.3) is 10.9 Å². The quantitative estimate of drug-likeness (QED) is 0.442. The molecule has 1 saturated carbocycles. The van der Waals surface area contributed by atoms with E-state index in [9.17, 15) is 14.7 Å². The number of aliphatic hydroxyl groups excluding tert-OH is 1. The Morgan fingerprint density at radius 1 is 1.09 bits per heavy atom. The smallest absolute Gasteiger partial charge is 0.333 e. The summed E-state index contributed by atoms with van der Waals surface area (Å²) in [5.74, 6) is 0.246. The van der Waals surface area contributed by atoms with Crippen molar-refractivity contribution in [2.24, 2.45) is 5.92 Å². The van der Waals surface area contributed by atoms with Gasteiger partial charge in [0.25, 0.3) is 0 Å². The summed E-state index contributed by atoms with van der Waals surface area (Å²) in [5, 5.41) is 10.5. The Balaban J connectivity index is 1.50. The van der Waals surface area contributed by atoms with Crippen LogP contribution in [-0.2, 0) is 9.53 Å². The van der Waals surface area contributed by atoms with Crippen LogP contribution in [0.1, 0.15) is 38.1 Å².